The highest BCUT2D eigenvalue weighted by Gasteiger charge is 2.10. The average Bonchev–Trinajstić information content (AvgIpc) is 3.07. The number of hydrogen-bond acceptors (Lipinski definition) is 4. The average molecular weight is 285 g/mol. The molecule has 3 rings (SSSR count). The lowest BCUT2D eigenvalue weighted by molar-refractivity contribution is -0.136. The Morgan fingerprint density at radius 2 is 2.10 bits per heavy atom. The van der Waals surface area contributed by atoms with Crippen molar-refractivity contribution in [2.45, 2.75) is 6.42 Å². The Kier molecular flexibility index (Phi) is 3.30. The molecule has 1 aromatic carbocycles. The lowest BCUT2D eigenvalue weighted by atomic mass is 10.3. The number of carboxylic acid groups (broad SMARTS) is 1. The van der Waals surface area contributed by atoms with E-state index in [1.54, 1.807) is 10.9 Å². The van der Waals surface area contributed by atoms with Gasteiger partial charge >= 0.3 is 5.97 Å². The predicted molar refractivity (Wildman–Crippen MR) is 76.0 cm³/mol. The number of thiazole rings is 1. The van der Waals surface area contributed by atoms with Crippen LogP contribution in [0.1, 0.15) is 5.01 Å². The van der Waals surface area contributed by atoms with Gasteiger partial charge in [0.05, 0.1) is 24.0 Å². The van der Waals surface area contributed by atoms with Crippen LogP contribution in [0.3, 0.4) is 0 Å². The standard InChI is InChI=1S/C14H11N3O2S/c18-14(19)6-13-16-12(9-20-13)10-7-15-17(8-10)11-4-2-1-3-5-11/h1-5,7-9H,6H2,(H,18,19). The zero-order valence-corrected chi connectivity index (χ0v) is 11.2. The number of carbonyl (C=O) groups is 1. The van der Waals surface area contributed by atoms with Crippen LogP contribution >= 0.6 is 11.3 Å². The molecule has 0 unspecified atom stereocenters. The Morgan fingerprint density at radius 3 is 2.85 bits per heavy atom. The molecule has 0 aliphatic rings. The van der Waals surface area contributed by atoms with Crippen LogP contribution in [0.2, 0.25) is 0 Å². The van der Waals surface area contributed by atoms with E-state index in [1.807, 2.05) is 41.9 Å². The number of rotatable bonds is 4. The van der Waals surface area contributed by atoms with Gasteiger partial charge < -0.3 is 5.11 Å². The molecule has 6 heteroatoms. The molecule has 2 aromatic heterocycles. The summed E-state index contributed by atoms with van der Waals surface area (Å²) >= 11 is 1.35. The van der Waals surface area contributed by atoms with Crippen LogP contribution < -0.4 is 0 Å². The van der Waals surface area contributed by atoms with Gasteiger partial charge in [0, 0.05) is 17.1 Å². The fourth-order valence-corrected chi connectivity index (χ4v) is 2.63. The maximum atomic E-state index is 10.7. The smallest absolute Gasteiger partial charge is 0.310 e. The van der Waals surface area contributed by atoms with Crippen molar-refractivity contribution in [3.63, 3.8) is 0 Å². The second-order valence-corrected chi connectivity index (χ2v) is 5.15. The van der Waals surface area contributed by atoms with Crippen LogP contribution in [-0.2, 0) is 11.2 Å². The van der Waals surface area contributed by atoms with Gasteiger partial charge in [0.2, 0.25) is 0 Å². The molecule has 3 aromatic rings. The predicted octanol–water partition coefficient (Wildman–Crippen LogP) is 2.62. The first kappa shape index (κ1) is 12.6. The number of benzene rings is 1. The number of nitrogens with zero attached hydrogens (tertiary/aromatic N) is 3. The van der Waals surface area contributed by atoms with Gasteiger partial charge in [0.1, 0.15) is 5.01 Å². The molecule has 1 N–H and O–H groups in total. The van der Waals surface area contributed by atoms with Gasteiger partial charge in [-0.3, -0.25) is 4.79 Å². The van der Waals surface area contributed by atoms with Gasteiger partial charge in [-0.05, 0) is 12.1 Å². The van der Waals surface area contributed by atoms with E-state index >= 15 is 0 Å². The molecular formula is C14H11N3O2S. The summed E-state index contributed by atoms with van der Waals surface area (Å²) in [4.78, 5) is 15.0. The van der Waals surface area contributed by atoms with Crippen LogP contribution in [0.5, 0.6) is 0 Å². The lowest BCUT2D eigenvalue weighted by Crippen LogP contribution is -1.99. The molecule has 0 atom stereocenters. The molecule has 0 saturated heterocycles. The Labute approximate surface area is 119 Å². The van der Waals surface area contributed by atoms with E-state index in [1.165, 1.54) is 11.3 Å². The topological polar surface area (TPSA) is 68.0 Å². The summed E-state index contributed by atoms with van der Waals surface area (Å²) in [7, 11) is 0. The molecule has 0 amide bonds. The number of aromatic nitrogens is 3. The number of carboxylic acids is 1. The molecule has 0 spiro atoms. The Hall–Kier alpha value is -2.47. The number of aliphatic carboxylic acids is 1. The Balaban J connectivity index is 1.87. The summed E-state index contributed by atoms with van der Waals surface area (Å²) in [6, 6.07) is 9.78. The molecule has 2 heterocycles. The van der Waals surface area contributed by atoms with E-state index in [9.17, 15) is 4.79 Å². The highest BCUT2D eigenvalue weighted by molar-refractivity contribution is 7.10. The largest absolute Gasteiger partial charge is 0.481 e. The van der Waals surface area contributed by atoms with E-state index in [0.717, 1.165) is 16.9 Å². The third-order valence-electron chi connectivity index (χ3n) is 2.75. The summed E-state index contributed by atoms with van der Waals surface area (Å²) in [6.45, 7) is 0. The van der Waals surface area contributed by atoms with E-state index in [2.05, 4.69) is 10.1 Å². The molecule has 0 saturated carbocycles. The summed E-state index contributed by atoms with van der Waals surface area (Å²) in [5, 5.41) is 15.5. The molecule has 0 radical (unpaired) electrons. The van der Waals surface area contributed by atoms with Crippen LogP contribution in [0.4, 0.5) is 0 Å². The monoisotopic (exact) mass is 285 g/mol. The fourth-order valence-electron chi connectivity index (χ4n) is 1.83. The van der Waals surface area contributed by atoms with Crippen LogP contribution in [0.15, 0.2) is 48.1 Å². The Bertz CT molecular complexity index is 734. The van der Waals surface area contributed by atoms with Crippen molar-refractivity contribution in [2.24, 2.45) is 0 Å². The molecule has 5 nitrogen and oxygen atoms in total. The van der Waals surface area contributed by atoms with Crippen LogP contribution in [0.25, 0.3) is 16.9 Å². The number of hydrogen-bond donors (Lipinski definition) is 1. The quantitative estimate of drug-likeness (QED) is 0.800. The minimum Gasteiger partial charge on any atom is -0.481 e. The summed E-state index contributed by atoms with van der Waals surface area (Å²) in [5.74, 6) is -0.870. The summed E-state index contributed by atoms with van der Waals surface area (Å²) in [6.07, 6.45) is 3.57. The van der Waals surface area contributed by atoms with Crippen LogP contribution in [-0.4, -0.2) is 25.8 Å². The highest BCUT2D eigenvalue weighted by Crippen LogP contribution is 2.22. The first-order valence-corrected chi connectivity index (χ1v) is 6.87. The first-order chi connectivity index (χ1) is 9.72. The molecule has 0 bridgehead atoms. The zero-order valence-electron chi connectivity index (χ0n) is 10.4. The van der Waals surface area contributed by atoms with Crippen LogP contribution in [0, 0.1) is 0 Å². The summed E-state index contributed by atoms with van der Waals surface area (Å²) in [5.41, 5.74) is 2.61. The third kappa shape index (κ3) is 2.60. The van der Waals surface area contributed by atoms with Crippen molar-refractivity contribution >= 4 is 17.3 Å². The summed E-state index contributed by atoms with van der Waals surface area (Å²) < 4.78 is 1.77. The maximum Gasteiger partial charge on any atom is 0.310 e. The molecule has 0 aliphatic carbocycles. The second-order valence-electron chi connectivity index (χ2n) is 4.21. The molecule has 0 aliphatic heterocycles. The Morgan fingerprint density at radius 1 is 1.30 bits per heavy atom. The minimum atomic E-state index is -0.870. The molecule has 100 valence electrons. The molecule has 20 heavy (non-hydrogen) atoms. The normalized spacial score (nSPS) is 10.6. The SMILES string of the molecule is O=C(O)Cc1nc(-c2cnn(-c3ccccc3)c2)cs1. The van der Waals surface area contributed by atoms with Crippen molar-refractivity contribution in [1.29, 1.82) is 0 Å². The van der Waals surface area contributed by atoms with Gasteiger partial charge in [-0.25, -0.2) is 9.67 Å². The van der Waals surface area contributed by atoms with Gasteiger partial charge in [0.25, 0.3) is 0 Å². The van der Waals surface area contributed by atoms with E-state index < -0.39 is 5.97 Å². The van der Waals surface area contributed by atoms with Crippen molar-refractivity contribution in [1.82, 2.24) is 14.8 Å². The van der Waals surface area contributed by atoms with Crippen molar-refractivity contribution in [3.05, 3.63) is 53.1 Å². The molecule has 0 fully saturated rings. The second kappa shape index (κ2) is 5.26. The van der Waals surface area contributed by atoms with Crippen molar-refractivity contribution in [2.75, 3.05) is 0 Å². The van der Waals surface area contributed by atoms with Gasteiger partial charge in [-0.15, -0.1) is 11.3 Å². The molecular weight excluding hydrogens is 274 g/mol. The van der Waals surface area contributed by atoms with Gasteiger partial charge in [-0.2, -0.15) is 5.10 Å². The highest BCUT2D eigenvalue weighted by atomic mass is 32.1. The van der Waals surface area contributed by atoms with E-state index in [-0.39, 0.29) is 6.42 Å². The maximum absolute atomic E-state index is 10.7. The van der Waals surface area contributed by atoms with Gasteiger partial charge in [0.15, 0.2) is 0 Å². The van der Waals surface area contributed by atoms with E-state index in [4.69, 9.17) is 5.11 Å². The third-order valence-corrected chi connectivity index (χ3v) is 3.60. The van der Waals surface area contributed by atoms with Gasteiger partial charge in [-0.1, -0.05) is 18.2 Å². The van der Waals surface area contributed by atoms with Crippen molar-refractivity contribution < 1.29 is 9.90 Å². The van der Waals surface area contributed by atoms with Crippen molar-refractivity contribution in [3.8, 4) is 16.9 Å². The van der Waals surface area contributed by atoms with E-state index in [0.29, 0.717) is 5.01 Å². The minimum absolute atomic E-state index is 0.0442. The lowest BCUT2D eigenvalue weighted by Gasteiger charge is -1.98. The first-order valence-electron chi connectivity index (χ1n) is 5.99. The number of para-hydroxylation sites is 1. The fraction of sp³-hybridized carbons (Fsp3) is 0.0714. The zero-order chi connectivity index (χ0) is 13.9.